The van der Waals surface area contributed by atoms with Gasteiger partial charge in [0.25, 0.3) is 5.91 Å². The van der Waals surface area contributed by atoms with Gasteiger partial charge in [-0.2, -0.15) is 0 Å². The van der Waals surface area contributed by atoms with Gasteiger partial charge in [-0.1, -0.05) is 6.92 Å². The molecule has 0 atom stereocenters. The van der Waals surface area contributed by atoms with Crippen molar-refractivity contribution >= 4 is 28.8 Å². The Bertz CT molecular complexity index is 777. The lowest BCUT2D eigenvalue weighted by Crippen LogP contribution is -2.48. The summed E-state index contributed by atoms with van der Waals surface area (Å²) >= 11 is 0. The van der Waals surface area contributed by atoms with Crippen LogP contribution in [0.4, 0.5) is 5.82 Å². The molecule has 3 rings (SSSR count). The normalized spacial score (nSPS) is 15.0. The number of fused-ring (bicyclic) bond motifs is 1. The Morgan fingerprint density at radius 1 is 1.28 bits per heavy atom. The summed E-state index contributed by atoms with van der Waals surface area (Å²) in [6.45, 7) is 8.50. The molecular weight excluding hydrogens is 320 g/mol. The van der Waals surface area contributed by atoms with Crippen LogP contribution in [0.5, 0.6) is 0 Å². The third-order valence-corrected chi connectivity index (χ3v) is 4.29. The van der Waals surface area contributed by atoms with Gasteiger partial charge >= 0.3 is 0 Å². The highest BCUT2D eigenvalue weighted by atomic mass is 16.2. The molecule has 0 radical (unpaired) electrons. The quantitative estimate of drug-likeness (QED) is 0.868. The molecule has 2 aromatic heterocycles. The number of aromatic amines is 1. The molecule has 3 heterocycles. The molecule has 25 heavy (non-hydrogen) atoms. The van der Waals surface area contributed by atoms with E-state index in [1.165, 1.54) is 0 Å². The lowest BCUT2D eigenvalue weighted by Gasteiger charge is -2.35. The van der Waals surface area contributed by atoms with Gasteiger partial charge in [0.05, 0.1) is 11.8 Å². The molecule has 1 fully saturated rings. The number of carbonyl (C=O) groups excluding carboxylic acids is 2. The Morgan fingerprint density at radius 2 is 2.00 bits per heavy atom. The summed E-state index contributed by atoms with van der Waals surface area (Å²) in [5.41, 5.74) is 1.66. The summed E-state index contributed by atoms with van der Waals surface area (Å²) in [5.74, 6) is 0.750. The molecule has 1 aliphatic heterocycles. The summed E-state index contributed by atoms with van der Waals surface area (Å²) in [7, 11) is 0. The minimum Gasteiger partial charge on any atom is -0.352 e. The molecule has 2 N–H and O–H groups in total. The van der Waals surface area contributed by atoms with Gasteiger partial charge in [0.2, 0.25) is 5.91 Å². The van der Waals surface area contributed by atoms with E-state index in [-0.39, 0.29) is 17.9 Å². The second kappa shape index (κ2) is 7.08. The number of hydrogen-bond donors (Lipinski definition) is 2. The van der Waals surface area contributed by atoms with Gasteiger partial charge in [0.1, 0.15) is 11.3 Å². The number of carbonyl (C=O) groups is 2. The third kappa shape index (κ3) is 3.57. The first-order chi connectivity index (χ1) is 12.0. The monoisotopic (exact) mass is 344 g/mol. The SMILES string of the molecule is CCC(=O)N1CCN(c2cnc3[nH]cc(C(=O)NC(C)C)c3n2)CC1. The average Bonchev–Trinajstić information content (AvgIpc) is 3.04. The standard InChI is InChI=1S/C17H24N6O2/c1-4-14(24)23-7-5-22(6-8-23)13-10-19-16-15(21-13)12(9-18-16)17(25)20-11(2)3/h9-11H,4-8H2,1-3H3,(H,18,19)(H,20,25). The number of aromatic nitrogens is 3. The van der Waals surface area contributed by atoms with E-state index in [0.717, 1.165) is 5.82 Å². The van der Waals surface area contributed by atoms with Crippen molar-refractivity contribution in [2.24, 2.45) is 0 Å². The maximum Gasteiger partial charge on any atom is 0.255 e. The molecule has 1 saturated heterocycles. The minimum atomic E-state index is -0.161. The summed E-state index contributed by atoms with van der Waals surface area (Å²) in [6, 6.07) is 0.0535. The van der Waals surface area contributed by atoms with Crippen LogP contribution in [-0.2, 0) is 4.79 Å². The van der Waals surface area contributed by atoms with E-state index in [9.17, 15) is 9.59 Å². The fourth-order valence-corrected chi connectivity index (χ4v) is 2.96. The number of anilines is 1. The maximum absolute atomic E-state index is 12.3. The number of piperazine rings is 1. The summed E-state index contributed by atoms with van der Waals surface area (Å²) in [6.07, 6.45) is 3.88. The molecule has 0 spiro atoms. The number of amides is 2. The molecule has 2 aromatic rings. The summed E-state index contributed by atoms with van der Waals surface area (Å²) in [5, 5.41) is 2.88. The Kier molecular flexibility index (Phi) is 4.87. The highest BCUT2D eigenvalue weighted by Crippen LogP contribution is 2.20. The molecule has 2 amide bonds. The van der Waals surface area contributed by atoms with Gasteiger partial charge in [-0.3, -0.25) is 9.59 Å². The van der Waals surface area contributed by atoms with Gasteiger partial charge in [-0.05, 0) is 13.8 Å². The van der Waals surface area contributed by atoms with Crippen molar-refractivity contribution < 1.29 is 9.59 Å². The minimum absolute atomic E-state index is 0.0535. The Balaban J connectivity index is 1.79. The van der Waals surface area contributed by atoms with Crippen LogP contribution in [0.2, 0.25) is 0 Å². The lowest BCUT2D eigenvalue weighted by molar-refractivity contribution is -0.131. The predicted octanol–water partition coefficient (Wildman–Crippen LogP) is 1.15. The largest absolute Gasteiger partial charge is 0.352 e. The topological polar surface area (TPSA) is 94.2 Å². The van der Waals surface area contributed by atoms with E-state index in [4.69, 9.17) is 0 Å². The van der Waals surface area contributed by atoms with Crippen LogP contribution in [-0.4, -0.2) is 63.9 Å². The van der Waals surface area contributed by atoms with Crippen LogP contribution in [0.3, 0.4) is 0 Å². The van der Waals surface area contributed by atoms with E-state index < -0.39 is 0 Å². The Hall–Kier alpha value is -2.64. The van der Waals surface area contributed by atoms with Crippen molar-refractivity contribution in [2.45, 2.75) is 33.2 Å². The molecule has 0 aromatic carbocycles. The van der Waals surface area contributed by atoms with E-state index in [0.29, 0.717) is 49.3 Å². The fraction of sp³-hybridized carbons (Fsp3) is 0.529. The maximum atomic E-state index is 12.3. The molecule has 1 aliphatic rings. The zero-order chi connectivity index (χ0) is 18.0. The smallest absolute Gasteiger partial charge is 0.255 e. The molecule has 134 valence electrons. The number of nitrogens with zero attached hydrogens (tertiary/aromatic N) is 4. The number of nitrogens with one attached hydrogen (secondary N) is 2. The van der Waals surface area contributed by atoms with Crippen LogP contribution in [0.15, 0.2) is 12.4 Å². The van der Waals surface area contributed by atoms with Crippen LogP contribution in [0.1, 0.15) is 37.6 Å². The van der Waals surface area contributed by atoms with Crippen molar-refractivity contribution in [3.63, 3.8) is 0 Å². The van der Waals surface area contributed by atoms with Crippen molar-refractivity contribution in [3.8, 4) is 0 Å². The molecule has 8 nitrogen and oxygen atoms in total. The van der Waals surface area contributed by atoms with Crippen molar-refractivity contribution in [1.29, 1.82) is 0 Å². The first kappa shape index (κ1) is 17.2. The first-order valence-electron chi connectivity index (χ1n) is 8.67. The summed E-state index contributed by atoms with van der Waals surface area (Å²) < 4.78 is 0. The fourth-order valence-electron chi connectivity index (χ4n) is 2.96. The molecule has 8 heteroatoms. The zero-order valence-corrected chi connectivity index (χ0v) is 14.9. The average molecular weight is 344 g/mol. The van der Waals surface area contributed by atoms with Gasteiger partial charge in [0.15, 0.2) is 5.65 Å². The lowest BCUT2D eigenvalue weighted by atomic mass is 10.2. The highest BCUT2D eigenvalue weighted by molar-refractivity contribution is 6.04. The predicted molar refractivity (Wildman–Crippen MR) is 95.6 cm³/mol. The van der Waals surface area contributed by atoms with Crippen LogP contribution < -0.4 is 10.2 Å². The zero-order valence-electron chi connectivity index (χ0n) is 14.9. The van der Waals surface area contributed by atoms with E-state index in [1.54, 1.807) is 12.4 Å². The van der Waals surface area contributed by atoms with Crippen LogP contribution >= 0.6 is 0 Å². The number of hydrogen-bond acceptors (Lipinski definition) is 5. The second-order valence-corrected chi connectivity index (χ2v) is 6.48. The molecule has 0 unspecified atom stereocenters. The Morgan fingerprint density at radius 3 is 2.64 bits per heavy atom. The third-order valence-electron chi connectivity index (χ3n) is 4.29. The molecular formula is C17H24N6O2. The van der Waals surface area contributed by atoms with Crippen molar-refractivity contribution in [1.82, 2.24) is 25.2 Å². The molecule has 0 bridgehead atoms. The number of H-pyrrole nitrogens is 1. The van der Waals surface area contributed by atoms with Crippen LogP contribution in [0, 0.1) is 0 Å². The van der Waals surface area contributed by atoms with E-state index in [1.807, 2.05) is 25.7 Å². The van der Waals surface area contributed by atoms with E-state index in [2.05, 4.69) is 25.2 Å². The van der Waals surface area contributed by atoms with E-state index >= 15 is 0 Å². The first-order valence-corrected chi connectivity index (χ1v) is 8.67. The highest BCUT2D eigenvalue weighted by Gasteiger charge is 2.22. The van der Waals surface area contributed by atoms with Crippen molar-refractivity contribution in [2.75, 3.05) is 31.1 Å². The van der Waals surface area contributed by atoms with Gasteiger partial charge in [0, 0.05) is 44.8 Å². The van der Waals surface area contributed by atoms with Crippen molar-refractivity contribution in [3.05, 3.63) is 18.0 Å². The summed E-state index contributed by atoms with van der Waals surface area (Å²) in [4.78, 5) is 40.1. The van der Waals surface area contributed by atoms with Gasteiger partial charge in [-0.25, -0.2) is 9.97 Å². The molecule has 0 aliphatic carbocycles. The van der Waals surface area contributed by atoms with Gasteiger partial charge in [-0.15, -0.1) is 0 Å². The molecule has 0 saturated carbocycles. The Labute approximate surface area is 146 Å². The number of rotatable bonds is 4. The van der Waals surface area contributed by atoms with Gasteiger partial charge < -0.3 is 20.1 Å². The van der Waals surface area contributed by atoms with Crippen LogP contribution in [0.25, 0.3) is 11.2 Å². The second-order valence-electron chi connectivity index (χ2n) is 6.48.